The van der Waals surface area contributed by atoms with E-state index in [-0.39, 0.29) is 23.8 Å². The molecule has 0 aliphatic rings. The molecule has 0 aliphatic carbocycles. The van der Waals surface area contributed by atoms with Gasteiger partial charge in [0.15, 0.2) is 0 Å². The summed E-state index contributed by atoms with van der Waals surface area (Å²) < 4.78 is 27.8. The fourth-order valence-electron chi connectivity index (χ4n) is 2.16. The van der Waals surface area contributed by atoms with E-state index in [0.717, 1.165) is 3.79 Å². The van der Waals surface area contributed by atoms with E-state index in [2.05, 4.69) is 20.7 Å². The largest absolute Gasteiger partial charge is 0.481 e. The van der Waals surface area contributed by atoms with E-state index in [0.29, 0.717) is 17.2 Å². The van der Waals surface area contributed by atoms with Gasteiger partial charge in [0, 0.05) is 17.8 Å². The number of nitrogens with one attached hydrogen (secondary N) is 1. The van der Waals surface area contributed by atoms with Crippen LogP contribution in [-0.4, -0.2) is 26.0 Å². The van der Waals surface area contributed by atoms with Crippen LogP contribution in [0.2, 0.25) is 0 Å². The SMILES string of the molecule is Cc1sc(Br)cc1S(=O)(=O)NCC(CC(=O)O)CC(C)C. The third kappa shape index (κ3) is 6.06. The average molecular weight is 398 g/mol. The number of rotatable bonds is 8. The first-order valence-corrected chi connectivity index (χ1v) is 9.68. The molecule has 21 heavy (non-hydrogen) atoms. The maximum atomic E-state index is 12.3. The molecule has 0 saturated carbocycles. The van der Waals surface area contributed by atoms with E-state index in [1.165, 1.54) is 11.3 Å². The fourth-order valence-corrected chi connectivity index (χ4v) is 5.68. The highest BCUT2D eigenvalue weighted by molar-refractivity contribution is 9.11. The second kappa shape index (κ2) is 7.71. The molecule has 0 aromatic carbocycles. The van der Waals surface area contributed by atoms with Crippen LogP contribution >= 0.6 is 27.3 Å². The van der Waals surface area contributed by atoms with E-state index in [4.69, 9.17) is 5.11 Å². The van der Waals surface area contributed by atoms with E-state index in [9.17, 15) is 13.2 Å². The minimum absolute atomic E-state index is 0.0347. The van der Waals surface area contributed by atoms with Crippen LogP contribution in [0.3, 0.4) is 0 Å². The first kappa shape index (κ1) is 18.6. The van der Waals surface area contributed by atoms with E-state index in [1.54, 1.807) is 13.0 Å². The van der Waals surface area contributed by atoms with Crippen molar-refractivity contribution in [2.75, 3.05) is 6.54 Å². The number of aryl methyl sites for hydroxylation is 1. The molecule has 0 radical (unpaired) electrons. The van der Waals surface area contributed by atoms with Crippen LogP contribution in [0.4, 0.5) is 0 Å². The van der Waals surface area contributed by atoms with E-state index >= 15 is 0 Å². The van der Waals surface area contributed by atoms with E-state index in [1.807, 2.05) is 13.8 Å². The third-order valence-electron chi connectivity index (χ3n) is 2.96. The number of hydrogen-bond donors (Lipinski definition) is 2. The van der Waals surface area contributed by atoms with Crippen molar-refractivity contribution < 1.29 is 18.3 Å². The van der Waals surface area contributed by atoms with Gasteiger partial charge in [0.05, 0.1) is 8.68 Å². The standard InChI is InChI=1S/C13H20BrNO4S2/c1-8(2)4-10(5-13(16)17)7-15-21(18,19)11-6-12(14)20-9(11)3/h6,8,10,15H,4-5,7H2,1-3H3,(H,16,17). The molecule has 8 heteroatoms. The normalized spacial score (nSPS) is 13.6. The predicted molar refractivity (Wildman–Crippen MR) is 87.1 cm³/mol. The Hall–Kier alpha value is -0.440. The van der Waals surface area contributed by atoms with Crippen molar-refractivity contribution in [3.63, 3.8) is 0 Å². The molecular weight excluding hydrogens is 378 g/mol. The topological polar surface area (TPSA) is 83.5 Å². The first-order valence-electron chi connectivity index (χ1n) is 6.59. The van der Waals surface area contributed by atoms with Crippen molar-refractivity contribution in [2.45, 2.75) is 38.5 Å². The maximum Gasteiger partial charge on any atom is 0.303 e. The van der Waals surface area contributed by atoms with Gasteiger partial charge < -0.3 is 5.11 Å². The lowest BCUT2D eigenvalue weighted by atomic mass is 9.94. The molecule has 5 nitrogen and oxygen atoms in total. The maximum absolute atomic E-state index is 12.3. The molecule has 0 aliphatic heterocycles. The van der Waals surface area contributed by atoms with Crippen molar-refractivity contribution in [1.82, 2.24) is 4.72 Å². The van der Waals surface area contributed by atoms with Crippen LogP contribution in [0.15, 0.2) is 14.7 Å². The van der Waals surface area contributed by atoms with Crippen molar-refractivity contribution in [2.24, 2.45) is 11.8 Å². The summed E-state index contributed by atoms with van der Waals surface area (Å²) in [5.41, 5.74) is 0. The van der Waals surface area contributed by atoms with Crippen LogP contribution in [-0.2, 0) is 14.8 Å². The van der Waals surface area contributed by atoms with Crippen molar-refractivity contribution in [1.29, 1.82) is 0 Å². The second-order valence-corrected chi connectivity index (χ2v) is 9.79. The van der Waals surface area contributed by atoms with Gasteiger partial charge in [0.25, 0.3) is 0 Å². The molecule has 1 heterocycles. The Kier molecular flexibility index (Phi) is 6.83. The zero-order valence-corrected chi connectivity index (χ0v) is 15.4. The highest BCUT2D eigenvalue weighted by Gasteiger charge is 2.22. The average Bonchev–Trinajstić information content (AvgIpc) is 2.65. The van der Waals surface area contributed by atoms with Gasteiger partial charge >= 0.3 is 5.97 Å². The van der Waals surface area contributed by atoms with E-state index < -0.39 is 16.0 Å². The molecular formula is C13H20BrNO4S2. The molecule has 0 bridgehead atoms. The molecule has 0 amide bonds. The summed E-state index contributed by atoms with van der Waals surface area (Å²) in [4.78, 5) is 11.8. The highest BCUT2D eigenvalue weighted by atomic mass is 79.9. The summed E-state index contributed by atoms with van der Waals surface area (Å²) in [6, 6.07) is 1.57. The summed E-state index contributed by atoms with van der Waals surface area (Å²) in [5, 5.41) is 8.91. The summed E-state index contributed by atoms with van der Waals surface area (Å²) >= 11 is 4.62. The number of halogens is 1. The Morgan fingerprint density at radius 2 is 2.10 bits per heavy atom. The van der Waals surface area contributed by atoms with Gasteiger partial charge in [0.1, 0.15) is 0 Å². The summed E-state index contributed by atoms with van der Waals surface area (Å²) in [5.74, 6) is -0.801. The lowest BCUT2D eigenvalue weighted by Crippen LogP contribution is -2.31. The smallest absolute Gasteiger partial charge is 0.303 e. The number of carbonyl (C=O) groups is 1. The van der Waals surface area contributed by atoms with Gasteiger partial charge in [-0.2, -0.15) is 0 Å². The van der Waals surface area contributed by atoms with Gasteiger partial charge in [-0.1, -0.05) is 13.8 Å². The molecule has 2 N–H and O–H groups in total. The van der Waals surface area contributed by atoms with Crippen LogP contribution in [0.5, 0.6) is 0 Å². The fraction of sp³-hybridized carbons (Fsp3) is 0.615. The van der Waals surface area contributed by atoms with Gasteiger partial charge in [-0.15, -0.1) is 11.3 Å². The van der Waals surface area contributed by atoms with Crippen LogP contribution in [0.1, 0.15) is 31.6 Å². The Labute approximate surface area is 137 Å². The lowest BCUT2D eigenvalue weighted by Gasteiger charge is -2.17. The number of aliphatic carboxylic acids is 1. The molecule has 1 aromatic rings. The predicted octanol–water partition coefficient (Wildman–Crippen LogP) is 3.23. The third-order valence-corrected chi connectivity index (χ3v) is 6.19. The van der Waals surface area contributed by atoms with Crippen molar-refractivity contribution >= 4 is 43.3 Å². The van der Waals surface area contributed by atoms with Crippen molar-refractivity contribution in [3.05, 3.63) is 14.7 Å². The monoisotopic (exact) mass is 397 g/mol. The minimum atomic E-state index is -3.60. The minimum Gasteiger partial charge on any atom is -0.481 e. The Bertz CT molecular complexity index is 595. The molecule has 120 valence electrons. The van der Waals surface area contributed by atoms with Gasteiger partial charge in [-0.05, 0) is 47.2 Å². The lowest BCUT2D eigenvalue weighted by molar-refractivity contribution is -0.138. The molecule has 0 fully saturated rings. The summed E-state index contributed by atoms with van der Waals surface area (Å²) in [6.45, 7) is 5.86. The Morgan fingerprint density at radius 1 is 1.48 bits per heavy atom. The van der Waals surface area contributed by atoms with Gasteiger partial charge in [-0.3, -0.25) is 4.79 Å². The molecule has 1 atom stereocenters. The zero-order valence-electron chi connectivity index (χ0n) is 12.2. The Balaban J connectivity index is 2.78. The zero-order chi connectivity index (χ0) is 16.2. The first-order chi connectivity index (χ1) is 9.61. The molecule has 1 unspecified atom stereocenters. The number of sulfonamides is 1. The molecule has 0 saturated heterocycles. The van der Waals surface area contributed by atoms with Gasteiger partial charge in [0.2, 0.25) is 10.0 Å². The molecule has 0 spiro atoms. The number of carboxylic acid groups (broad SMARTS) is 1. The quantitative estimate of drug-likeness (QED) is 0.704. The van der Waals surface area contributed by atoms with Crippen LogP contribution in [0.25, 0.3) is 0 Å². The number of hydrogen-bond acceptors (Lipinski definition) is 4. The second-order valence-electron chi connectivity index (χ2n) is 5.42. The number of thiophene rings is 1. The highest BCUT2D eigenvalue weighted by Crippen LogP contribution is 2.29. The molecule has 1 rings (SSSR count). The summed E-state index contributed by atoms with van der Waals surface area (Å²) in [6.07, 6.45) is 0.633. The van der Waals surface area contributed by atoms with Crippen LogP contribution < -0.4 is 4.72 Å². The van der Waals surface area contributed by atoms with Crippen LogP contribution in [0, 0.1) is 18.8 Å². The number of carboxylic acids is 1. The van der Waals surface area contributed by atoms with Gasteiger partial charge in [-0.25, -0.2) is 13.1 Å². The Morgan fingerprint density at radius 3 is 2.52 bits per heavy atom. The van der Waals surface area contributed by atoms with Crippen molar-refractivity contribution in [3.8, 4) is 0 Å². The molecule has 1 aromatic heterocycles. The summed E-state index contributed by atoms with van der Waals surface area (Å²) in [7, 11) is -3.60.